The van der Waals surface area contributed by atoms with Crippen molar-refractivity contribution >= 4 is 0 Å². The van der Waals surface area contributed by atoms with Crippen molar-refractivity contribution in [3.63, 3.8) is 0 Å². The minimum atomic E-state index is -7.29. The number of hydrogen-bond donors (Lipinski definition) is 0. The Morgan fingerprint density at radius 3 is 1.15 bits per heavy atom. The Kier molecular flexibility index (Phi) is 4.69. The molecule has 1 unspecified atom stereocenters. The summed E-state index contributed by atoms with van der Waals surface area (Å²) in [5.41, 5.74) is -7.24. The predicted molar refractivity (Wildman–Crippen MR) is 36.1 cm³/mol. The van der Waals surface area contributed by atoms with Gasteiger partial charge in [-0.05, 0) is 0 Å². The first kappa shape index (κ1) is 18.8. The van der Waals surface area contributed by atoms with Crippen LogP contribution in [-0.2, 0) is 0 Å². The average Bonchev–Trinajstić information content (AvgIpc) is 2.22. The van der Waals surface area contributed by atoms with Crippen molar-refractivity contribution < 1.29 is 57.1 Å². The molecule has 0 N–H and O–H groups in total. The summed E-state index contributed by atoms with van der Waals surface area (Å²) < 4.78 is 157. The fourth-order valence-corrected chi connectivity index (χ4v) is 0.935. The molecule has 0 aliphatic carbocycles. The number of halogens is 13. The van der Waals surface area contributed by atoms with Crippen LogP contribution in [0.5, 0.6) is 0 Å². The molecule has 20 heavy (non-hydrogen) atoms. The Hall–Kier alpha value is -1.17. The van der Waals surface area contributed by atoms with Crippen LogP contribution >= 0.6 is 0 Å². The Labute approximate surface area is 100 Å². The molecule has 0 bridgehead atoms. The van der Waals surface area contributed by atoms with Gasteiger partial charge in [-0.15, -0.1) is 0 Å². The largest absolute Gasteiger partial charge is 0.434 e. The lowest BCUT2D eigenvalue weighted by Gasteiger charge is -2.35. The highest BCUT2D eigenvalue weighted by molar-refractivity contribution is 5.16. The zero-order valence-corrected chi connectivity index (χ0v) is 8.49. The predicted octanol–water partition coefficient (Wildman–Crippen LogP) is 4.87. The second kappa shape index (κ2) is 4.98. The molecular weight excluding hydrogens is 331 g/mol. The van der Waals surface area contributed by atoms with Gasteiger partial charge >= 0.3 is 30.0 Å². The van der Waals surface area contributed by atoms with E-state index < -0.39 is 42.0 Å². The summed E-state index contributed by atoms with van der Waals surface area (Å²) in [6.07, 6.45) is -24.7. The van der Waals surface area contributed by atoms with E-state index in [-0.39, 0.29) is 0 Å². The molecule has 0 aliphatic rings. The minimum absolute atomic E-state index is 4.09. The normalized spacial score (nSPS) is 16.1. The van der Waals surface area contributed by atoms with E-state index in [0.717, 1.165) is 0 Å². The Morgan fingerprint density at radius 2 is 0.950 bits per heavy atom. The van der Waals surface area contributed by atoms with E-state index in [1.807, 2.05) is 0 Å². The molecule has 0 saturated heterocycles. The van der Waals surface area contributed by atoms with Gasteiger partial charge in [0.2, 0.25) is 12.0 Å². The van der Waals surface area contributed by atoms with Gasteiger partial charge in [0.15, 0.2) is 0 Å². The summed E-state index contributed by atoms with van der Waals surface area (Å²) >= 11 is 0. The highest BCUT2D eigenvalue weighted by Gasteiger charge is 2.82. The first-order valence-corrected chi connectivity index (χ1v) is 4.06. The maximum atomic E-state index is 12.8. The van der Waals surface area contributed by atoms with Crippen LogP contribution in [0.4, 0.5) is 57.1 Å². The first-order chi connectivity index (χ1) is 8.51. The maximum Gasteiger partial charge on any atom is 0.434 e. The van der Waals surface area contributed by atoms with Crippen LogP contribution in [0.15, 0.2) is 11.9 Å². The van der Waals surface area contributed by atoms with Gasteiger partial charge in [-0.25, -0.2) is 8.78 Å². The lowest BCUT2D eigenvalue weighted by atomic mass is 9.93. The van der Waals surface area contributed by atoms with Crippen LogP contribution in [0.25, 0.3) is 0 Å². The van der Waals surface area contributed by atoms with Crippen molar-refractivity contribution in [1.82, 2.24) is 0 Å². The molecule has 0 radical (unpaired) electrons. The molecule has 0 aromatic heterocycles. The number of hydrogen-bond acceptors (Lipinski definition) is 0. The minimum Gasteiger partial charge on any atom is -0.236 e. The summed E-state index contributed by atoms with van der Waals surface area (Å²) in [7, 11) is 0. The number of alkyl halides is 10. The van der Waals surface area contributed by atoms with Crippen LogP contribution in [0.1, 0.15) is 0 Å². The fraction of sp³-hybridized carbons (Fsp3) is 0.714. The quantitative estimate of drug-likeness (QED) is 0.647. The van der Waals surface area contributed by atoms with E-state index in [0.29, 0.717) is 0 Å². The van der Waals surface area contributed by atoms with Gasteiger partial charge < -0.3 is 0 Å². The standard InChI is InChI=1S/C7HF13/c8-1(2(9)10)4(12,13)3(11)5(14,6(15,16)17)7(18,19)20/h3H. The van der Waals surface area contributed by atoms with Crippen LogP contribution in [0, 0.1) is 0 Å². The van der Waals surface area contributed by atoms with Crippen molar-refractivity contribution in [2.45, 2.75) is 30.1 Å². The summed E-state index contributed by atoms with van der Waals surface area (Å²) in [5, 5.41) is 0. The van der Waals surface area contributed by atoms with Crippen LogP contribution in [0.3, 0.4) is 0 Å². The third-order valence-corrected chi connectivity index (χ3v) is 1.95. The Morgan fingerprint density at radius 1 is 0.650 bits per heavy atom. The smallest absolute Gasteiger partial charge is 0.236 e. The van der Waals surface area contributed by atoms with E-state index >= 15 is 0 Å². The molecule has 0 aliphatic heterocycles. The molecule has 13 heteroatoms. The van der Waals surface area contributed by atoms with E-state index in [1.54, 1.807) is 0 Å². The fourth-order valence-electron chi connectivity index (χ4n) is 0.935. The molecule has 1 atom stereocenters. The lowest BCUT2D eigenvalue weighted by molar-refractivity contribution is -0.372. The van der Waals surface area contributed by atoms with Crippen molar-refractivity contribution in [1.29, 1.82) is 0 Å². The van der Waals surface area contributed by atoms with Gasteiger partial charge in [0.25, 0.3) is 0 Å². The van der Waals surface area contributed by atoms with Crippen LogP contribution in [-0.4, -0.2) is 30.1 Å². The average molecular weight is 332 g/mol. The Bertz CT molecular complexity index is 367. The molecule has 0 rings (SSSR count). The zero-order chi connectivity index (χ0) is 16.7. The molecule has 0 aromatic carbocycles. The second-order valence-corrected chi connectivity index (χ2v) is 3.27. The topological polar surface area (TPSA) is 0 Å². The van der Waals surface area contributed by atoms with Gasteiger partial charge in [-0.3, -0.25) is 0 Å². The summed E-state index contributed by atoms with van der Waals surface area (Å²) in [6, 6.07) is 0. The van der Waals surface area contributed by atoms with Crippen molar-refractivity contribution in [2.24, 2.45) is 0 Å². The molecule has 0 heterocycles. The van der Waals surface area contributed by atoms with Gasteiger partial charge in [-0.1, -0.05) is 0 Å². The molecule has 120 valence electrons. The van der Waals surface area contributed by atoms with Gasteiger partial charge in [0.05, 0.1) is 0 Å². The van der Waals surface area contributed by atoms with E-state index in [1.165, 1.54) is 0 Å². The van der Waals surface area contributed by atoms with E-state index in [2.05, 4.69) is 0 Å². The maximum absolute atomic E-state index is 12.8. The SMILES string of the molecule is FC(F)=C(F)C(F)(F)C(F)C(F)(C(F)(F)F)C(F)(F)F. The van der Waals surface area contributed by atoms with E-state index in [9.17, 15) is 57.1 Å². The lowest BCUT2D eigenvalue weighted by Crippen LogP contribution is -2.64. The summed E-state index contributed by atoms with van der Waals surface area (Å²) in [4.78, 5) is 0. The summed E-state index contributed by atoms with van der Waals surface area (Å²) in [6.45, 7) is 0. The molecule has 0 saturated carbocycles. The highest BCUT2D eigenvalue weighted by atomic mass is 19.4. The summed E-state index contributed by atoms with van der Waals surface area (Å²) in [5.74, 6) is -10.9. The van der Waals surface area contributed by atoms with Crippen LogP contribution in [0.2, 0.25) is 0 Å². The second-order valence-electron chi connectivity index (χ2n) is 3.27. The molecular formula is C7HF13. The molecule has 0 spiro atoms. The Balaban J connectivity index is 6.09. The van der Waals surface area contributed by atoms with E-state index in [4.69, 9.17) is 0 Å². The number of rotatable bonds is 3. The molecule has 0 nitrogen and oxygen atoms in total. The third kappa shape index (κ3) is 2.80. The third-order valence-electron chi connectivity index (χ3n) is 1.95. The van der Waals surface area contributed by atoms with Crippen molar-refractivity contribution in [3.8, 4) is 0 Å². The zero-order valence-electron chi connectivity index (χ0n) is 8.49. The van der Waals surface area contributed by atoms with Gasteiger partial charge in [0.1, 0.15) is 0 Å². The monoisotopic (exact) mass is 332 g/mol. The van der Waals surface area contributed by atoms with Gasteiger partial charge in [-0.2, -0.15) is 48.3 Å². The molecule has 0 amide bonds. The molecule has 0 fully saturated rings. The molecule has 0 aromatic rings. The van der Waals surface area contributed by atoms with Gasteiger partial charge in [0, 0.05) is 0 Å². The number of allylic oxidation sites excluding steroid dienone is 1. The van der Waals surface area contributed by atoms with Crippen molar-refractivity contribution in [3.05, 3.63) is 11.9 Å². The first-order valence-electron chi connectivity index (χ1n) is 4.06. The van der Waals surface area contributed by atoms with Crippen molar-refractivity contribution in [2.75, 3.05) is 0 Å². The van der Waals surface area contributed by atoms with Crippen LogP contribution < -0.4 is 0 Å². The highest BCUT2D eigenvalue weighted by Crippen LogP contribution is 2.54.